The van der Waals surface area contributed by atoms with E-state index < -0.39 is 5.60 Å². The Hall–Kier alpha value is -3.13. The lowest BCUT2D eigenvalue weighted by Gasteiger charge is -2.39. The number of hydrogen-bond acceptors (Lipinski definition) is 8. The molecule has 8 heteroatoms. The summed E-state index contributed by atoms with van der Waals surface area (Å²) < 4.78 is 22.7. The second-order valence-corrected chi connectivity index (χ2v) is 7.43. The van der Waals surface area contributed by atoms with E-state index in [1.54, 1.807) is 25.3 Å². The van der Waals surface area contributed by atoms with Crippen molar-refractivity contribution in [2.24, 2.45) is 0 Å². The van der Waals surface area contributed by atoms with Crippen molar-refractivity contribution in [1.29, 1.82) is 0 Å². The van der Waals surface area contributed by atoms with E-state index in [0.29, 0.717) is 42.6 Å². The Morgan fingerprint density at radius 3 is 2.93 bits per heavy atom. The van der Waals surface area contributed by atoms with Crippen molar-refractivity contribution in [2.75, 3.05) is 25.6 Å². The van der Waals surface area contributed by atoms with Crippen LogP contribution in [0.25, 0.3) is 11.0 Å². The van der Waals surface area contributed by atoms with Gasteiger partial charge in [0.1, 0.15) is 35.2 Å². The minimum atomic E-state index is -0.607. The third-order valence-electron chi connectivity index (χ3n) is 4.87. The number of rotatable bonds is 6. The van der Waals surface area contributed by atoms with Crippen LogP contribution in [0.1, 0.15) is 19.4 Å². The molecule has 29 heavy (non-hydrogen) atoms. The molecule has 0 amide bonds. The second kappa shape index (κ2) is 7.71. The molecule has 0 saturated heterocycles. The summed E-state index contributed by atoms with van der Waals surface area (Å²) in [7, 11) is 1.65. The van der Waals surface area contributed by atoms with Crippen molar-refractivity contribution in [1.82, 2.24) is 9.97 Å². The van der Waals surface area contributed by atoms with Gasteiger partial charge in [0, 0.05) is 43.7 Å². The summed E-state index contributed by atoms with van der Waals surface area (Å²) in [5.74, 6) is 1.83. The van der Waals surface area contributed by atoms with E-state index in [-0.39, 0.29) is 11.7 Å². The van der Waals surface area contributed by atoms with Crippen molar-refractivity contribution in [3.8, 4) is 11.6 Å². The van der Waals surface area contributed by atoms with Gasteiger partial charge in [0.25, 0.3) is 0 Å². The largest absolute Gasteiger partial charge is 0.484 e. The van der Waals surface area contributed by atoms with Gasteiger partial charge in [0.2, 0.25) is 5.88 Å². The average Bonchev–Trinajstić information content (AvgIpc) is 2.67. The van der Waals surface area contributed by atoms with Crippen LogP contribution in [0, 0.1) is 0 Å². The highest BCUT2D eigenvalue weighted by atomic mass is 16.6. The smallest absolute Gasteiger partial charge is 0.336 e. The Morgan fingerprint density at radius 2 is 2.10 bits per heavy atom. The highest BCUT2D eigenvalue weighted by Gasteiger charge is 2.39. The van der Waals surface area contributed by atoms with Gasteiger partial charge in [-0.15, -0.1) is 0 Å². The standard InChI is InChI=1S/C21H23N3O5/c1-21(2)17(28-19-11-18(23-12-24-19)22-6-7-26-3)9-14-8-13-4-5-20(25)27-15(13)10-16(14)29-21/h4-5,8,10-12,17H,6-7,9H2,1-3H3,(H,22,23,24)/t17-/m0/s1. The van der Waals surface area contributed by atoms with E-state index in [1.807, 2.05) is 19.9 Å². The molecule has 1 aromatic carbocycles. The quantitative estimate of drug-likeness (QED) is 0.501. The zero-order valence-electron chi connectivity index (χ0n) is 16.6. The fourth-order valence-corrected chi connectivity index (χ4v) is 3.30. The molecule has 1 atom stereocenters. The van der Waals surface area contributed by atoms with E-state index in [9.17, 15) is 4.79 Å². The van der Waals surface area contributed by atoms with Gasteiger partial charge in [-0.05, 0) is 31.5 Å². The SMILES string of the molecule is COCCNc1cc(O[C@H]2Cc3cc4ccc(=O)oc4cc3OC2(C)C)ncn1. The van der Waals surface area contributed by atoms with Gasteiger partial charge < -0.3 is 23.9 Å². The van der Waals surface area contributed by atoms with Crippen molar-refractivity contribution in [3.63, 3.8) is 0 Å². The summed E-state index contributed by atoms with van der Waals surface area (Å²) in [5, 5.41) is 4.01. The number of nitrogens with one attached hydrogen (secondary N) is 1. The Morgan fingerprint density at radius 1 is 1.24 bits per heavy atom. The molecule has 1 aliphatic rings. The lowest BCUT2D eigenvalue weighted by molar-refractivity contribution is -0.0287. The molecule has 3 heterocycles. The average molecular weight is 397 g/mol. The molecule has 3 aromatic rings. The number of fused-ring (bicyclic) bond motifs is 2. The van der Waals surface area contributed by atoms with E-state index in [1.165, 1.54) is 12.4 Å². The van der Waals surface area contributed by atoms with Crippen LogP contribution in [0.4, 0.5) is 5.82 Å². The van der Waals surface area contributed by atoms with Gasteiger partial charge in [0.05, 0.1) is 6.61 Å². The first-order valence-corrected chi connectivity index (χ1v) is 9.42. The molecule has 1 aliphatic heterocycles. The monoisotopic (exact) mass is 397 g/mol. The Kier molecular flexibility index (Phi) is 5.10. The predicted octanol–water partition coefficient (Wildman–Crippen LogP) is 2.80. The molecule has 0 fully saturated rings. The third-order valence-corrected chi connectivity index (χ3v) is 4.87. The second-order valence-electron chi connectivity index (χ2n) is 7.43. The topological polar surface area (TPSA) is 95.7 Å². The first-order valence-electron chi connectivity index (χ1n) is 9.42. The maximum atomic E-state index is 11.5. The summed E-state index contributed by atoms with van der Waals surface area (Å²) in [6.45, 7) is 5.14. The molecule has 0 unspecified atom stereocenters. The first kappa shape index (κ1) is 19.2. The molecule has 4 rings (SSSR count). The van der Waals surface area contributed by atoms with Crippen LogP contribution < -0.4 is 20.4 Å². The van der Waals surface area contributed by atoms with Crippen molar-refractivity contribution >= 4 is 16.8 Å². The van der Waals surface area contributed by atoms with Crippen molar-refractivity contribution in [3.05, 3.63) is 52.6 Å². The van der Waals surface area contributed by atoms with Crippen LogP contribution in [-0.2, 0) is 11.2 Å². The number of ether oxygens (including phenoxy) is 3. The third kappa shape index (κ3) is 4.17. The Labute approximate surface area is 167 Å². The zero-order valence-corrected chi connectivity index (χ0v) is 16.6. The molecule has 0 radical (unpaired) electrons. The van der Waals surface area contributed by atoms with Gasteiger partial charge in [-0.3, -0.25) is 0 Å². The van der Waals surface area contributed by atoms with Crippen LogP contribution in [0.2, 0.25) is 0 Å². The van der Waals surface area contributed by atoms with Crippen LogP contribution in [-0.4, -0.2) is 41.9 Å². The minimum Gasteiger partial charge on any atom is -0.484 e. The lowest BCUT2D eigenvalue weighted by atomic mass is 9.90. The lowest BCUT2D eigenvalue weighted by Crippen LogP contribution is -2.49. The number of aromatic nitrogens is 2. The van der Waals surface area contributed by atoms with Gasteiger partial charge in [-0.25, -0.2) is 14.8 Å². The highest BCUT2D eigenvalue weighted by molar-refractivity contribution is 5.79. The van der Waals surface area contributed by atoms with Gasteiger partial charge in [-0.2, -0.15) is 0 Å². The predicted molar refractivity (Wildman–Crippen MR) is 108 cm³/mol. The van der Waals surface area contributed by atoms with Gasteiger partial charge >= 0.3 is 5.63 Å². The molecule has 0 bridgehead atoms. The maximum absolute atomic E-state index is 11.5. The van der Waals surface area contributed by atoms with Crippen LogP contribution in [0.5, 0.6) is 11.6 Å². The van der Waals surface area contributed by atoms with Crippen LogP contribution in [0.3, 0.4) is 0 Å². The highest BCUT2D eigenvalue weighted by Crippen LogP contribution is 2.37. The number of anilines is 1. The molecular weight excluding hydrogens is 374 g/mol. The fraction of sp³-hybridized carbons (Fsp3) is 0.381. The normalized spacial score (nSPS) is 17.4. The van der Waals surface area contributed by atoms with E-state index in [0.717, 1.165) is 10.9 Å². The molecule has 1 N–H and O–H groups in total. The fourth-order valence-electron chi connectivity index (χ4n) is 3.30. The number of nitrogens with zero attached hydrogens (tertiary/aromatic N) is 2. The molecule has 0 saturated carbocycles. The molecule has 8 nitrogen and oxygen atoms in total. The summed E-state index contributed by atoms with van der Waals surface area (Å²) in [6, 6.07) is 8.66. The van der Waals surface area contributed by atoms with E-state index in [2.05, 4.69) is 15.3 Å². The number of hydrogen-bond donors (Lipinski definition) is 1. The Bertz CT molecular complexity index is 1080. The maximum Gasteiger partial charge on any atom is 0.336 e. The van der Waals surface area contributed by atoms with E-state index >= 15 is 0 Å². The van der Waals surface area contributed by atoms with Crippen molar-refractivity contribution < 1.29 is 18.6 Å². The van der Waals surface area contributed by atoms with Crippen LogP contribution in [0.15, 0.2) is 45.9 Å². The van der Waals surface area contributed by atoms with Crippen LogP contribution >= 0.6 is 0 Å². The number of methoxy groups -OCH3 is 1. The molecule has 2 aromatic heterocycles. The van der Waals surface area contributed by atoms with Crippen molar-refractivity contribution in [2.45, 2.75) is 32.0 Å². The van der Waals surface area contributed by atoms with Gasteiger partial charge in [0.15, 0.2) is 0 Å². The summed E-state index contributed by atoms with van der Waals surface area (Å²) in [5.41, 5.74) is 0.509. The molecule has 152 valence electrons. The number of benzene rings is 1. The molecule has 0 aliphatic carbocycles. The summed E-state index contributed by atoms with van der Waals surface area (Å²) in [6.07, 6.45) is 1.84. The molecule has 0 spiro atoms. The Balaban J connectivity index is 1.57. The van der Waals surface area contributed by atoms with Gasteiger partial charge in [-0.1, -0.05) is 0 Å². The first-order chi connectivity index (χ1) is 13.9. The minimum absolute atomic E-state index is 0.259. The molecular formula is C21H23N3O5. The van der Waals surface area contributed by atoms with E-state index in [4.69, 9.17) is 18.6 Å². The summed E-state index contributed by atoms with van der Waals surface area (Å²) >= 11 is 0. The zero-order chi connectivity index (χ0) is 20.4. The summed E-state index contributed by atoms with van der Waals surface area (Å²) in [4.78, 5) is 19.9.